The Kier molecular flexibility index (Phi) is 5.67. The van der Waals surface area contributed by atoms with Crippen molar-refractivity contribution in [3.63, 3.8) is 0 Å². The van der Waals surface area contributed by atoms with Crippen LogP contribution in [0.2, 0.25) is 5.02 Å². The van der Waals surface area contributed by atoms with E-state index in [0.717, 1.165) is 31.2 Å². The molecule has 5 nitrogen and oxygen atoms in total. The first kappa shape index (κ1) is 18.5. The van der Waals surface area contributed by atoms with E-state index in [-0.39, 0.29) is 24.5 Å². The summed E-state index contributed by atoms with van der Waals surface area (Å²) in [7, 11) is 0. The van der Waals surface area contributed by atoms with Gasteiger partial charge < -0.3 is 14.5 Å². The maximum absolute atomic E-state index is 12.8. The molecule has 1 N–H and O–H groups in total. The molecule has 26 heavy (non-hydrogen) atoms. The smallest absolute Gasteiger partial charge is 0.317 e. The average Bonchev–Trinajstić information content (AvgIpc) is 3.32. The molecule has 1 aliphatic carbocycles. The molecule has 1 fully saturated rings. The van der Waals surface area contributed by atoms with Gasteiger partial charge in [-0.25, -0.2) is 0 Å². The van der Waals surface area contributed by atoms with E-state index in [4.69, 9.17) is 20.8 Å². The van der Waals surface area contributed by atoms with Gasteiger partial charge in [0.25, 0.3) is 5.91 Å². The predicted molar refractivity (Wildman–Crippen MR) is 97.8 cm³/mol. The van der Waals surface area contributed by atoms with Crippen molar-refractivity contribution in [3.8, 4) is 0 Å². The Hall–Kier alpha value is -2.27. The van der Waals surface area contributed by atoms with Gasteiger partial charge in [-0.3, -0.25) is 9.59 Å². The minimum Gasteiger partial charge on any atom is -0.467 e. The lowest BCUT2D eigenvalue weighted by molar-refractivity contribution is -0.154. The molecule has 1 aromatic carbocycles. The van der Waals surface area contributed by atoms with E-state index in [1.165, 1.54) is 0 Å². The first-order chi connectivity index (χ1) is 12.5. The number of carbonyl (C=O) groups is 2. The average molecular weight is 376 g/mol. The van der Waals surface area contributed by atoms with Crippen LogP contribution in [0.15, 0.2) is 47.1 Å². The number of nitrogens with one attached hydrogen (secondary N) is 1. The number of furan rings is 1. The maximum Gasteiger partial charge on any atom is 0.317 e. The molecule has 1 atom stereocenters. The zero-order valence-electron chi connectivity index (χ0n) is 14.7. The Bertz CT molecular complexity index is 749. The molecule has 1 saturated carbocycles. The van der Waals surface area contributed by atoms with Gasteiger partial charge in [-0.15, -0.1) is 0 Å². The number of amides is 1. The lowest BCUT2D eigenvalue weighted by atomic mass is 9.79. The Morgan fingerprint density at radius 2 is 1.92 bits per heavy atom. The van der Waals surface area contributed by atoms with Gasteiger partial charge in [0.2, 0.25) is 0 Å². The van der Waals surface area contributed by atoms with Crippen molar-refractivity contribution in [1.29, 1.82) is 0 Å². The summed E-state index contributed by atoms with van der Waals surface area (Å²) in [5.74, 6) is -0.0530. The molecule has 0 bridgehead atoms. The molecule has 1 aliphatic rings. The molecule has 138 valence electrons. The number of benzene rings is 1. The topological polar surface area (TPSA) is 68.5 Å². The van der Waals surface area contributed by atoms with Crippen LogP contribution < -0.4 is 5.32 Å². The van der Waals surface area contributed by atoms with Crippen LogP contribution in [-0.2, 0) is 19.7 Å². The van der Waals surface area contributed by atoms with E-state index >= 15 is 0 Å². The van der Waals surface area contributed by atoms with Gasteiger partial charge >= 0.3 is 5.97 Å². The van der Waals surface area contributed by atoms with Crippen molar-refractivity contribution in [2.45, 2.75) is 44.1 Å². The summed E-state index contributed by atoms with van der Waals surface area (Å²) < 4.78 is 10.6. The van der Waals surface area contributed by atoms with E-state index in [9.17, 15) is 9.59 Å². The van der Waals surface area contributed by atoms with Crippen LogP contribution in [0.4, 0.5) is 0 Å². The SMILES string of the molecule is C[C@H](NC(=O)COC(=O)C1(c2ccc(Cl)cc2)CCCC1)c1ccco1. The summed E-state index contributed by atoms with van der Waals surface area (Å²) in [5.41, 5.74) is 0.214. The highest BCUT2D eigenvalue weighted by molar-refractivity contribution is 6.30. The van der Waals surface area contributed by atoms with E-state index < -0.39 is 5.41 Å². The second-order valence-corrected chi connectivity index (χ2v) is 7.11. The van der Waals surface area contributed by atoms with Gasteiger partial charge in [-0.2, -0.15) is 0 Å². The summed E-state index contributed by atoms with van der Waals surface area (Å²) in [6.07, 6.45) is 4.91. The highest BCUT2D eigenvalue weighted by Crippen LogP contribution is 2.42. The highest BCUT2D eigenvalue weighted by Gasteiger charge is 2.44. The number of carbonyl (C=O) groups excluding carboxylic acids is 2. The normalized spacial score (nSPS) is 16.8. The number of esters is 1. The minimum absolute atomic E-state index is 0.284. The monoisotopic (exact) mass is 375 g/mol. The first-order valence-corrected chi connectivity index (χ1v) is 9.15. The summed E-state index contributed by atoms with van der Waals surface area (Å²) in [4.78, 5) is 24.9. The molecule has 1 heterocycles. The van der Waals surface area contributed by atoms with Crippen LogP contribution in [0.25, 0.3) is 0 Å². The van der Waals surface area contributed by atoms with Crippen LogP contribution >= 0.6 is 11.6 Å². The zero-order chi connectivity index (χ0) is 18.6. The number of hydrogen-bond donors (Lipinski definition) is 1. The zero-order valence-corrected chi connectivity index (χ0v) is 15.4. The van der Waals surface area contributed by atoms with Crippen LogP contribution in [0, 0.1) is 0 Å². The summed E-state index contributed by atoms with van der Waals surface area (Å²) in [6, 6.07) is 10.6. The Morgan fingerprint density at radius 1 is 1.23 bits per heavy atom. The van der Waals surface area contributed by atoms with Gasteiger partial charge in [-0.1, -0.05) is 36.6 Å². The fourth-order valence-corrected chi connectivity index (χ4v) is 3.65. The number of halogens is 1. The molecular weight excluding hydrogens is 354 g/mol. The lowest BCUT2D eigenvalue weighted by Gasteiger charge is -2.27. The maximum atomic E-state index is 12.8. The lowest BCUT2D eigenvalue weighted by Crippen LogP contribution is -2.38. The summed E-state index contributed by atoms with van der Waals surface area (Å²) in [6.45, 7) is 1.50. The van der Waals surface area contributed by atoms with Gasteiger partial charge in [0, 0.05) is 5.02 Å². The third-order valence-electron chi connectivity index (χ3n) is 4.93. The third-order valence-corrected chi connectivity index (χ3v) is 5.18. The van der Waals surface area contributed by atoms with Crippen molar-refractivity contribution in [3.05, 3.63) is 59.0 Å². The molecule has 0 saturated heterocycles. The van der Waals surface area contributed by atoms with Crippen molar-refractivity contribution in [2.75, 3.05) is 6.61 Å². The van der Waals surface area contributed by atoms with Crippen LogP contribution in [0.3, 0.4) is 0 Å². The van der Waals surface area contributed by atoms with Crippen LogP contribution in [-0.4, -0.2) is 18.5 Å². The Morgan fingerprint density at radius 3 is 2.54 bits per heavy atom. The van der Waals surface area contributed by atoms with Crippen LogP contribution in [0.5, 0.6) is 0 Å². The molecular formula is C20H22ClNO4. The fourth-order valence-electron chi connectivity index (χ4n) is 3.52. The highest BCUT2D eigenvalue weighted by atomic mass is 35.5. The Balaban J connectivity index is 1.62. The Labute approximate surface area is 157 Å². The van der Waals surface area contributed by atoms with E-state index in [1.807, 2.05) is 19.1 Å². The number of ether oxygens (including phenoxy) is 1. The second kappa shape index (κ2) is 7.96. The summed E-state index contributed by atoms with van der Waals surface area (Å²) >= 11 is 5.96. The molecule has 1 amide bonds. The van der Waals surface area contributed by atoms with Crippen molar-refractivity contribution in [1.82, 2.24) is 5.32 Å². The standard InChI is InChI=1S/C20H22ClNO4/c1-14(17-5-4-12-25-17)22-18(23)13-26-19(24)20(10-2-3-11-20)15-6-8-16(21)9-7-15/h4-9,12,14H,2-3,10-11,13H2,1H3,(H,22,23)/t14-/m0/s1. The van der Waals surface area contributed by atoms with Gasteiger partial charge in [0.05, 0.1) is 17.7 Å². The fraction of sp³-hybridized carbons (Fsp3) is 0.400. The first-order valence-electron chi connectivity index (χ1n) is 8.77. The molecule has 0 spiro atoms. The quantitative estimate of drug-likeness (QED) is 0.769. The number of rotatable bonds is 6. The molecule has 0 aliphatic heterocycles. The molecule has 3 rings (SSSR count). The van der Waals surface area contributed by atoms with E-state index in [2.05, 4.69) is 5.32 Å². The summed E-state index contributed by atoms with van der Waals surface area (Å²) in [5, 5.41) is 3.39. The van der Waals surface area contributed by atoms with Gasteiger partial charge in [0.15, 0.2) is 6.61 Å². The van der Waals surface area contributed by atoms with Gasteiger partial charge in [-0.05, 0) is 49.6 Å². The molecule has 2 aromatic rings. The number of hydrogen-bond acceptors (Lipinski definition) is 4. The molecule has 0 unspecified atom stereocenters. The molecule has 1 aromatic heterocycles. The molecule has 0 radical (unpaired) electrons. The predicted octanol–water partition coefficient (Wildman–Crippen LogP) is 4.17. The minimum atomic E-state index is -0.683. The molecule has 6 heteroatoms. The second-order valence-electron chi connectivity index (χ2n) is 6.68. The van der Waals surface area contributed by atoms with Crippen molar-refractivity contribution >= 4 is 23.5 Å². The largest absolute Gasteiger partial charge is 0.467 e. The van der Waals surface area contributed by atoms with E-state index in [1.54, 1.807) is 30.5 Å². The van der Waals surface area contributed by atoms with Gasteiger partial charge in [0.1, 0.15) is 5.76 Å². The third kappa shape index (κ3) is 3.93. The van der Waals surface area contributed by atoms with Crippen LogP contribution in [0.1, 0.15) is 50.0 Å². The van der Waals surface area contributed by atoms with Crippen molar-refractivity contribution in [2.24, 2.45) is 0 Å². The van der Waals surface area contributed by atoms with E-state index in [0.29, 0.717) is 10.8 Å². The van der Waals surface area contributed by atoms with Crippen molar-refractivity contribution < 1.29 is 18.7 Å².